The summed E-state index contributed by atoms with van der Waals surface area (Å²) in [5.41, 5.74) is 5.15. The average molecular weight is 366 g/mol. The third kappa shape index (κ3) is 3.15. The number of ether oxygens (including phenoxy) is 1. The minimum Gasteiger partial charge on any atom is -0.462 e. The van der Waals surface area contributed by atoms with Crippen LogP contribution in [0.3, 0.4) is 0 Å². The van der Waals surface area contributed by atoms with Crippen molar-refractivity contribution in [3.63, 3.8) is 0 Å². The maximum Gasteiger partial charge on any atom is 0.338 e. The van der Waals surface area contributed by atoms with Crippen molar-refractivity contribution in [2.45, 2.75) is 6.92 Å². The summed E-state index contributed by atoms with van der Waals surface area (Å²) in [5, 5.41) is 10.4. The predicted molar refractivity (Wildman–Crippen MR) is 109 cm³/mol. The Morgan fingerprint density at radius 1 is 1.00 bits per heavy atom. The molecule has 4 rings (SSSR count). The van der Waals surface area contributed by atoms with Crippen molar-refractivity contribution in [2.24, 2.45) is 0 Å². The van der Waals surface area contributed by atoms with E-state index in [9.17, 15) is 10.1 Å². The van der Waals surface area contributed by atoms with E-state index >= 15 is 0 Å². The number of aromatic nitrogens is 1. The van der Waals surface area contributed by atoms with Gasteiger partial charge in [-0.3, -0.25) is 0 Å². The van der Waals surface area contributed by atoms with E-state index in [-0.39, 0.29) is 5.97 Å². The zero-order valence-corrected chi connectivity index (χ0v) is 15.4. The number of carbonyl (C=O) groups is 1. The first kappa shape index (κ1) is 17.6. The van der Waals surface area contributed by atoms with Crippen molar-refractivity contribution < 1.29 is 9.53 Å². The molecule has 4 aromatic rings. The van der Waals surface area contributed by atoms with Gasteiger partial charge in [0.1, 0.15) is 6.07 Å². The van der Waals surface area contributed by atoms with Gasteiger partial charge in [0.25, 0.3) is 0 Å². The molecule has 4 nitrogen and oxygen atoms in total. The minimum absolute atomic E-state index is 0.338. The first-order chi connectivity index (χ1) is 13.7. The Kier molecular flexibility index (Phi) is 4.65. The number of esters is 1. The topological polar surface area (TPSA) is 55.0 Å². The fraction of sp³-hybridized carbons (Fsp3) is 0.0833. The highest BCUT2D eigenvalue weighted by Crippen LogP contribution is 2.29. The first-order valence-electron chi connectivity index (χ1n) is 9.09. The molecular weight excluding hydrogens is 348 g/mol. The third-order valence-electron chi connectivity index (χ3n) is 4.69. The van der Waals surface area contributed by atoms with Gasteiger partial charge in [0.05, 0.1) is 23.3 Å². The maximum atomic E-state index is 11.9. The number of carbonyl (C=O) groups excluding carboxylic acids is 1. The van der Waals surface area contributed by atoms with E-state index in [2.05, 4.69) is 24.3 Å². The number of nitriles is 1. The van der Waals surface area contributed by atoms with Crippen LogP contribution >= 0.6 is 0 Å². The fourth-order valence-corrected chi connectivity index (χ4v) is 3.31. The monoisotopic (exact) mass is 366 g/mol. The summed E-state index contributed by atoms with van der Waals surface area (Å²) < 4.78 is 7.02. The zero-order valence-electron chi connectivity index (χ0n) is 15.4. The van der Waals surface area contributed by atoms with Gasteiger partial charge in [0, 0.05) is 17.3 Å². The molecular formula is C24H18N2O2. The molecule has 0 saturated carbocycles. The Labute approximate surface area is 163 Å². The number of fused-ring (bicyclic) bond motifs is 1. The van der Waals surface area contributed by atoms with Crippen molar-refractivity contribution in [2.75, 3.05) is 6.61 Å². The van der Waals surface area contributed by atoms with Gasteiger partial charge in [0.15, 0.2) is 0 Å². The van der Waals surface area contributed by atoms with Crippen molar-refractivity contribution >= 4 is 16.9 Å². The molecule has 0 unspecified atom stereocenters. The normalized spacial score (nSPS) is 10.6. The molecule has 0 fully saturated rings. The van der Waals surface area contributed by atoms with Crippen LogP contribution in [0.5, 0.6) is 0 Å². The number of nitrogens with zero attached hydrogens (tertiary/aromatic N) is 2. The second-order valence-corrected chi connectivity index (χ2v) is 6.39. The molecule has 0 atom stereocenters. The van der Waals surface area contributed by atoms with Crippen LogP contribution < -0.4 is 0 Å². The number of hydrogen-bond donors (Lipinski definition) is 0. The number of hydrogen-bond acceptors (Lipinski definition) is 3. The Hall–Kier alpha value is -3.84. The third-order valence-corrected chi connectivity index (χ3v) is 4.69. The van der Waals surface area contributed by atoms with E-state index < -0.39 is 0 Å². The predicted octanol–water partition coefficient (Wildman–Crippen LogP) is 5.35. The lowest BCUT2D eigenvalue weighted by atomic mass is 10.0. The summed E-state index contributed by atoms with van der Waals surface area (Å²) in [4.78, 5) is 11.9. The summed E-state index contributed by atoms with van der Waals surface area (Å²) >= 11 is 0. The summed E-state index contributed by atoms with van der Waals surface area (Å²) in [5.74, 6) is -0.338. The van der Waals surface area contributed by atoms with Gasteiger partial charge in [-0.2, -0.15) is 5.26 Å². The molecule has 0 aliphatic heterocycles. The van der Waals surface area contributed by atoms with E-state index in [1.54, 1.807) is 19.1 Å². The SMILES string of the molecule is CCOC(=O)c1ccc(-n2cc(C#N)c3ccc(-c4ccccc4)cc32)cc1. The van der Waals surface area contributed by atoms with Crippen LogP contribution in [0.1, 0.15) is 22.8 Å². The molecule has 0 N–H and O–H groups in total. The second kappa shape index (κ2) is 7.42. The van der Waals surface area contributed by atoms with Gasteiger partial charge in [-0.05, 0) is 48.4 Å². The van der Waals surface area contributed by atoms with Gasteiger partial charge in [-0.25, -0.2) is 4.79 Å². The molecule has 4 heteroatoms. The second-order valence-electron chi connectivity index (χ2n) is 6.39. The Bertz CT molecular complexity index is 1180. The quantitative estimate of drug-likeness (QED) is 0.458. The van der Waals surface area contributed by atoms with E-state index in [0.717, 1.165) is 27.7 Å². The van der Waals surface area contributed by atoms with E-state index in [1.807, 2.05) is 53.2 Å². The standard InChI is InChI=1S/C24H18N2O2/c1-2-28-24(27)18-8-11-21(12-9-18)26-16-20(15-25)22-13-10-19(14-23(22)26)17-6-4-3-5-7-17/h3-14,16H,2H2,1H3. The Balaban J connectivity index is 1.82. The number of rotatable bonds is 4. The molecule has 3 aromatic carbocycles. The smallest absolute Gasteiger partial charge is 0.338 e. The Morgan fingerprint density at radius 3 is 2.43 bits per heavy atom. The van der Waals surface area contributed by atoms with Crippen molar-refractivity contribution in [3.8, 4) is 22.9 Å². The fourth-order valence-electron chi connectivity index (χ4n) is 3.31. The molecule has 0 radical (unpaired) electrons. The summed E-state index contributed by atoms with van der Waals surface area (Å²) in [7, 11) is 0. The molecule has 0 bridgehead atoms. The lowest BCUT2D eigenvalue weighted by molar-refractivity contribution is 0.0526. The molecule has 1 heterocycles. The van der Waals surface area contributed by atoms with Crippen molar-refractivity contribution in [3.05, 3.63) is 90.1 Å². The molecule has 0 spiro atoms. The highest BCUT2D eigenvalue weighted by molar-refractivity contribution is 5.92. The summed E-state index contributed by atoms with van der Waals surface area (Å²) in [6, 6.07) is 25.7. The highest BCUT2D eigenvalue weighted by atomic mass is 16.5. The van der Waals surface area contributed by atoms with E-state index in [4.69, 9.17) is 4.74 Å². The van der Waals surface area contributed by atoms with E-state index in [1.165, 1.54) is 0 Å². The molecule has 0 aliphatic carbocycles. The maximum absolute atomic E-state index is 11.9. The summed E-state index contributed by atoms with van der Waals surface area (Å²) in [6.07, 6.45) is 1.83. The molecule has 0 amide bonds. The van der Waals surface area contributed by atoms with Crippen LogP contribution in [-0.4, -0.2) is 17.1 Å². The molecule has 136 valence electrons. The first-order valence-corrected chi connectivity index (χ1v) is 9.09. The van der Waals surface area contributed by atoms with Gasteiger partial charge < -0.3 is 9.30 Å². The lowest BCUT2D eigenvalue weighted by Gasteiger charge is -2.08. The van der Waals surface area contributed by atoms with Crippen LogP contribution in [0.2, 0.25) is 0 Å². The zero-order chi connectivity index (χ0) is 19.5. The van der Waals surface area contributed by atoms with Crippen LogP contribution in [0, 0.1) is 11.3 Å². The molecule has 0 saturated heterocycles. The van der Waals surface area contributed by atoms with Crippen LogP contribution in [0.15, 0.2) is 79.0 Å². The van der Waals surface area contributed by atoms with Gasteiger partial charge >= 0.3 is 5.97 Å². The van der Waals surface area contributed by atoms with Gasteiger partial charge in [0.2, 0.25) is 0 Å². The van der Waals surface area contributed by atoms with Crippen molar-refractivity contribution in [1.29, 1.82) is 5.26 Å². The molecule has 1 aromatic heterocycles. The largest absolute Gasteiger partial charge is 0.462 e. The lowest BCUT2D eigenvalue weighted by Crippen LogP contribution is -2.04. The van der Waals surface area contributed by atoms with Gasteiger partial charge in [-0.15, -0.1) is 0 Å². The molecule has 28 heavy (non-hydrogen) atoms. The Morgan fingerprint density at radius 2 is 1.75 bits per heavy atom. The van der Waals surface area contributed by atoms with Crippen molar-refractivity contribution in [1.82, 2.24) is 4.57 Å². The highest BCUT2D eigenvalue weighted by Gasteiger charge is 2.12. The average Bonchev–Trinajstić information content (AvgIpc) is 3.12. The van der Waals surface area contributed by atoms with Crippen LogP contribution in [0.25, 0.3) is 27.7 Å². The molecule has 0 aliphatic rings. The minimum atomic E-state index is -0.338. The summed E-state index contributed by atoms with van der Waals surface area (Å²) in [6.45, 7) is 2.13. The number of benzene rings is 3. The van der Waals surface area contributed by atoms with E-state index in [0.29, 0.717) is 17.7 Å². The van der Waals surface area contributed by atoms with Crippen LogP contribution in [-0.2, 0) is 4.74 Å². The van der Waals surface area contributed by atoms with Crippen LogP contribution in [0.4, 0.5) is 0 Å². The van der Waals surface area contributed by atoms with Gasteiger partial charge in [-0.1, -0.05) is 42.5 Å².